The predicted molar refractivity (Wildman–Crippen MR) is 109 cm³/mol. The highest BCUT2D eigenvalue weighted by Crippen LogP contribution is 2.26. The van der Waals surface area contributed by atoms with Gasteiger partial charge in [-0.15, -0.1) is 0 Å². The standard InChI is InChI=1S/C22H26N2O5/c1-3-28-19-9-4-5-10-20(19)29-16-21(25)23-11-13-24(14-12-23)22(26)17-7-6-8-18(15-17)27-2/h4-10,15H,3,11-14,16H2,1-2H3. The third-order valence-corrected chi connectivity index (χ3v) is 4.74. The number of rotatable bonds is 7. The first-order valence-corrected chi connectivity index (χ1v) is 9.68. The maximum Gasteiger partial charge on any atom is 0.260 e. The highest BCUT2D eigenvalue weighted by Gasteiger charge is 2.25. The zero-order chi connectivity index (χ0) is 20.6. The number of carbonyl (C=O) groups excluding carboxylic acids is 2. The third-order valence-electron chi connectivity index (χ3n) is 4.74. The van der Waals surface area contributed by atoms with Crippen LogP contribution in [0.5, 0.6) is 17.2 Å². The molecule has 0 spiro atoms. The third kappa shape index (κ3) is 5.19. The molecule has 7 nitrogen and oxygen atoms in total. The second-order valence-electron chi connectivity index (χ2n) is 6.57. The van der Waals surface area contributed by atoms with E-state index in [9.17, 15) is 9.59 Å². The van der Waals surface area contributed by atoms with Crippen LogP contribution in [-0.4, -0.2) is 68.1 Å². The molecule has 7 heteroatoms. The summed E-state index contributed by atoms with van der Waals surface area (Å²) in [7, 11) is 1.57. The van der Waals surface area contributed by atoms with Crippen molar-refractivity contribution in [1.29, 1.82) is 0 Å². The maximum absolute atomic E-state index is 12.7. The van der Waals surface area contributed by atoms with Gasteiger partial charge in [-0.2, -0.15) is 0 Å². The number of amides is 2. The molecule has 154 valence electrons. The number of benzene rings is 2. The van der Waals surface area contributed by atoms with Gasteiger partial charge < -0.3 is 24.0 Å². The van der Waals surface area contributed by atoms with Crippen molar-refractivity contribution in [3.8, 4) is 17.2 Å². The largest absolute Gasteiger partial charge is 0.497 e. The second kappa shape index (κ2) is 9.82. The fraction of sp³-hybridized carbons (Fsp3) is 0.364. The van der Waals surface area contributed by atoms with Gasteiger partial charge in [-0.05, 0) is 37.3 Å². The summed E-state index contributed by atoms with van der Waals surface area (Å²) < 4.78 is 16.4. The Kier molecular flexibility index (Phi) is 6.94. The van der Waals surface area contributed by atoms with Gasteiger partial charge in [0.05, 0.1) is 13.7 Å². The zero-order valence-electron chi connectivity index (χ0n) is 16.8. The molecule has 2 aromatic rings. The number of carbonyl (C=O) groups is 2. The minimum atomic E-state index is -0.107. The highest BCUT2D eigenvalue weighted by molar-refractivity contribution is 5.94. The molecule has 2 amide bonds. The van der Waals surface area contributed by atoms with Gasteiger partial charge in [-0.1, -0.05) is 18.2 Å². The molecular formula is C22H26N2O5. The normalized spacial score (nSPS) is 13.7. The van der Waals surface area contributed by atoms with E-state index in [0.29, 0.717) is 55.6 Å². The summed E-state index contributed by atoms with van der Waals surface area (Å²) in [5.41, 5.74) is 0.583. The first kappa shape index (κ1) is 20.5. The first-order chi connectivity index (χ1) is 14.1. The lowest BCUT2D eigenvalue weighted by Gasteiger charge is -2.34. The minimum absolute atomic E-state index is 0.0575. The SMILES string of the molecule is CCOc1ccccc1OCC(=O)N1CCN(C(=O)c2cccc(OC)c2)CC1. The monoisotopic (exact) mass is 398 g/mol. The fourth-order valence-electron chi connectivity index (χ4n) is 3.17. The summed E-state index contributed by atoms with van der Waals surface area (Å²) in [4.78, 5) is 28.7. The van der Waals surface area contributed by atoms with E-state index < -0.39 is 0 Å². The molecule has 1 aliphatic rings. The van der Waals surface area contributed by atoms with Gasteiger partial charge in [-0.25, -0.2) is 0 Å². The van der Waals surface area contributed by atoms with Crippen molar-refractivity contribution in [2.45, 2.75) is 6.92 Å². The predicted octanol–water partition coefficient (Wildman–Crippen LogP) is 2.46. The minimum Gasteiger partial charge on any atom is -0.497 e. The summed E-state index contributed by atoms with van der Waals surface area (Å²) in [5.74, 6) is 1.66. The van der Waals surface area contributed by atoms with Gasteiger partial charge in [0.1, 0.15) is 5.75 Å². The van der Waals surface area contributed by atoms with Crippen LogP contribution in [0.15, 0.2) is 48.5 Å². The Balaban J connectivity index is 1.51. The van der Waals surface area contributed by atoms with Crippen LogP contribution in [0.1, 0.15) is 17.3 Å². The van der Waals surface area contributed by atoms with Crippen LogP contribution in [0.25, 0.3) is 0 Å². The average molecular weight is 398 g/mol. The molecule has 0 N–H and O–H groups in total. The quantitative estimate of drug-likeness (QED) is 0.717. The lowest BCUT2D eigenvalue weighted by molar-refractivity contribution is -0.134. The van der Waals surface area contributed by atoms with Crippen molar-refractivity contribution in [1.82, 2.24) is 9.80 Å². The molecule has 0 atom stereocenters. The van der Waals surface area contributed by atoms with Crippen molar-refractivity contribution >= 4 is 11.8 Å². The van der Waals surface area contributed by atoms with Crippen molar-refractivity contribution in [2.24, 2.45) is 0 Å². The number of hydrogen-bond acceptors (Lipinski definition) is 5. The molecule has 1 heterocycles. The van der Waals surface area contributed by atoms with E-state index in [4.69, 9.17) is 14.2 Å². The second-order valence-corrected chi connectivity index (χ2v) is 6.57. The summed E-state index contributed by atoms with van der Waals surface area (Å²) in [6.07, 6.45) is 0. The first-order valence-electron chi connectivity index (χ1n) is 9.68. The van der Waals surface area contributed by atoms with Gasteiger partial charge >= 0.3 is 0 Å². The molecule has 0 saturated carbocycles. The Morgan fingerprint density at radius 2 is 1.55 bits per heavy atom. The summed E-state index contributed by atoms with van der Waals surface area (Å²) in [6, 6.07) is 14.4. The van der Waals surface area contributed by atoms with Gasteiger partial charge in [0.15, 0.2) is 18.1 Å². The number of para-hydroxylation sites is 2. The number of methoxy groups -OCH3 is 1. The van der Waals surface area contributed by atoms with Gasteiger partial charge in [-0.3, -0.25) is 9.59 Å². The number of nitrogens with zero attached hydrogens (tertiary/aromatic N) is 2. The molecule has 1 saturated heterocycles. The van der Waals surface area contributed by atoms with E-state index in [1.54, 1.807) is 47.2 Å². The van der Waals surface area contributed by atoms with Crippen molar-refractivity contribution in [2.75, 3.05) is 46.5 Å². The maximum atomic E-state index is 12.7. The van der Waals surface area contributed by atoms with Crippen molar-refractivity contribution in [3.05, 3.63) is 54.1 Å². The van der Waals surface area contributed by atoms with Crippen LogP contribution in [0, 0.1) is 0 Å². The number of ether oxygens (including phenoxy) is 3. The average Bonchev–Trinajstić information content (AvgIpc) is 2.78. The van der Waals surface area contributed by atoms with Crippen LogP contribution < -0.4 is 14.2 Å². The Bertz CT molecular complexity index is 847. The number of hydrogen-bond donors (Lipinski definition) is 0. The molecule has 1 fully saturated rings. The molecule has 0 bridgehead atoms. The molecule has 0 aliphatic carbocycles. The Labute approximate surface area is 170 Å². The molecular weight excluding hydrogens is 372 g/mol. The van der Waals surface area contributed by atoms with E-state index in [1.807, 2.05) is 25.1 Å². The van der Waals surface area contributed by atoms with E-state index >= 15 is 0 Å². The Morgan fingerprint density at radius 1 is 0.897 bits per heavy atom. The summed E-state index contributed by atoms with van der Waals surface area (Å²) in [5, 5.41) is 0. The van der Waals surface area contributed by atoms with Crippen LogP contribution >= 0.6 is 0 Å². The molecule has 1 aliphatic heterocycles. The summed E-state index contributed by atoms with van der Waals surface area (Å²) >= 11 is 0. The van der Waals surface area contributed by atoms with Gasteiger partial charge in [0.25, 0.3) is 11.8 Å². The van der Waals surface area contributed by atoms with E-state index in [0.717, 1.165) is 0 Å². The lowest BCUT2D eigenvalue weighted by atomic mass is 10.1. The molecule has 0 radical (unpaired) electrons. The van der Waals surface area contributed by atoms with Crippen molar-refractivity contribution < 1.29 is 23.8 Å². The van der Waals surface area contributed by atoms with Crippen LogP contribution in [-0.2, 0) is 4.79 Å². The van der Waals surface area contributed by atoms with Crippen LogP contribution in [0.2, 0.25) is 0 Å². The molecule has 29 heavy (non-hydrogen) atoms. The zero-order valence-corrected chi connectivity index (χ0v) is 16.8. The number of piperazine rings is 1. The van der Waals surface area contributed by atoms with Crippen molar-refractivity contribution in [3.63, 3.8) is 0 Å². The lowest BCUT2D eigenvalue weighted by Crippen LogP contribution is -2.51. The molecule has 3 rings (SSSR count). The highest BCUT2D eigenvalue weighted by atomic mass is 16.5. The summed E-state index contributed by atoms with van der Waals surface area (Å²) in [6.45, 7) is 4.28. The van der Waals surface area contributed by atoms with E-state index in [1.165, 1.54) is 0 Å². The topological polar surface area (TPSA) is 68.3 Å². The van der Waals surface area contributed by atoms with Gasteiger partial charge in [0, 0.05) is 31.7 Å². The van der Waals surface area contributed by atoms with Crippen LogP contribution in [0.3, 0.4) is 0 Å². The fourth-order valence-corrected chi connectivity index (χ4v) is 3.17. The molecule has 2 aromatic carbocycles. The van der Waals surface area contributed by atoms with Crippen LogP contribution in [0.4, 0.5) is 0 Å². The smallest absolute Gasteiger partial charge is 0.260 e. The Morgan fingerprint density at radius 3 is 2.21 bits per heavy atom. The molecule has 0 aromatic heterocycles. The Hall–Kier alpha value is -3.22. The molecule has 0 unspecified atom stereocenters. The van der Waals surface area contributed by atoms with E-state index in [-0.39, 0.29) is 18.4 Å². The van der Waals surface area contributed by atoms with E-state index in [2.05, 4.69) is 0 Å². The van der Waals surface area contributed by atoms with Gasteiger partial charge in [0.2, 0.25) is 0 Å².